The number of halogens is 1. The molecule has 5 aromatic rings. The van der Waals surface area contributed by atoms with E-state index in [0.717, 1.165) is 58.2 Å². The molecule has 0 aromatic heterocycles. The number of amides is 1. The molecule has 1 amide bonds. The number of aryl methyl sites for hydroxylation is 1. The van der Waals surface area contributed by atoms with Crippen molar-refractivity contribution >= 4 is 23.7 Å². The molecule has 1 aliphatic carbocycles. The average Bonchev–Trinajstić information content (AvgIpc) is 3.44. The van der Waals surface area contributed by atoms with Crippen LogP contribution < -0.4 is 5.32 Å². The summed E-state index contributed by atoms with van der Waals surface area (Å²) in [5.41, 5.74) is 6.34. The summed E-state index contributed by atoms with van der Waals surface area (Å²) in [4.78, 5) is 27.9. The molecule has 0 radical (unpaired) electrons. The summed E-state index contributed by atoms with van der Waals surface area (Å²) in [6, 6.07) is 40.4. The molecule has 0 saturated heterocycles. The first kappa shape index (κ1) is 33.0. The van der Waals surface area contributed by atoms with Gasteiger partial charge in [0.25, 0.3) is 0 Å². The topological polar surface area (TPSA) is 64.6 Å². The number of alkyl carbamates (subject to hydrolysis) is 1. The predicted octanol–water partition coefficient (Wildman–Crippen LogP) is 9.97. The van der Waals surface area contributed by atoms with Gasteiger partial charge in [0.1, 0.15) is 12.6 Å². The van der Waals surface area contributed by atoms with Crippen molar-refractivity contribution in [1.82, 2.24) is 5.32 Å². The highest BCUT2D eigenvalue weighted by molar-refractivity contribution is 6.31. The van der Waals surface area contributed by atoms with Gasteiger partial charge in [0, 0.05) is 27.6 Å². The molecule has 5 aromatic carbocycles. The number of carbonyl (C=O) groups is 2. The van der Waals surface area contributed by atoms with Gasteiger partial charge in [-0.15, -0.1) is 0 Å². The Morgan fingerprint density at radius 2 is 1.33 bits per heavy atom. The van der Waals surface area contributed by atoms with Gasteiger partial charge in [-0.1, -0.05) is 165 Å². The lowest BCUT2D eigenvalue weighted by Crippen LogP contribution is -2.46. The average molecular weight is 658 g/mol. The van der Waals surface area contributed by atoms with Crippen molar-refractivity contribution in [3.63, 3.8) is 0 Å². The van der Waals surface area contributed by atoms with E-state index in [0.29, 0.717) is 17.0 Å². The molecule has 0 fully saturated rings. The molecule has 0 heterocycles. The number of nitrogens with one attached hydrogen (secondary N) is 1. The van der Waals surface area contributed by atoms with E-state index in [1.807, 2.05) is 104 Å². The Morgan fingerprint density at radius 1 is 0.750 bits per heavy atom. The van der Waals surface area contributed by atoms with Crippen molar-refractivity contribution in [2.24, 2.45) is 0 Å². The number of ether oxygens (including phenoxy) is 2. The molecule has 5 nitrogen and oxygen atoms in total. The number of unbranched alkanes of at least 4 members (excludes halogenated alkanes) is 2. The molecule has 0 bridgehead atoms. The maximum atomic E-state index is 14.4. The van der Waals surface area contributed by atoms with Crippen LogP contribution in [0.4, 0.5) is 4.79 Å². The van der Waals surface area contributed by atoms with Crippen LogP contribution in [-0.4, -0.2) is 24.7 Å². The first-order chi connectivity index (χ1) is 23.4. The van der Waals surface area contributed by atoms with Crippen LogP contribution in [0.1, 0.15) is 71.9 Å². The second-order valence-electron chi connectivity index (χ2n) is 12.3. The lowest BCUT2D eigenvalue weighted by molar-refractivity contribution is -0.156. The van der Waals surface area contributed by atoms with Crippen LogP contribution in [0.15, 0.2) is 127 Å². The molecule has 2 atom stereocenters. The van der Waals surface area contributed by atoms with Crippen LogP contribution in [0, 0.1) is 6.92 Å². The number of rotatable bonds is 12. The lowest BCUT2D eigenvalue weighted by atomic mass is 9.79. The lowest BCUT2D eigenvalue weighted by Gasteiger charge is -2.37. The quantitative estimate of drug-likeness (QED) is 0.0824. The second kappa shape index (κ2) is 14.9. The van der Waals surface area contributed by atoms with Gasteiger partial charge < -0.3 is 14.8 Å². The fourth-order valence-corrected chi connectivity index (χ4v) is 6.98. The zero-order valence-corrected chi connectivity index (χ0v) is 28.1. The standard InChI is InChI=1S/C42H40ClNO4/c1-3-4-6-23-39(44-41(46)47-28-36-34-19-11-9-17-32(34)33-18-10-12-20-35(33)36)40(45)48-42(30-15-7-5-8-16-30,31-26-24-29(2)25-27-31)37-21-13-14-22-38(37)43/h5,7-22,24-27,36,39H,3-4,6,23,28H2,1-2H3,(H,44,46)/t39-,42?/m1/s1. The molecular formula is C42H40ClNO4. The first-order valence-corrected chi connectivity index (χ1v) is 17.0. The van der Waals surface area contributed by atoms with Gasteiger partial charge >= 0.3 is 12.1 Å². The van der Waals surface area contributed by atoms with E-state index >= 15 is 0 Å². The molecule has 0 aliphatic heterocycles. The summed E-state index contributed by atoms with van der Waals surface area (Å²) in [6.45, 7) is 4.26. The third-order valence-electron chi connectivity index (χ3n) is 9.16. The normalized spacial score (nSPS) is 13.9. The monoisotopic (exact) mass is 657 g/mol. The van der Waals surface area contributed by atoms with Gasteiger partial charge in [-0.2, -0.15) is 0 Å². The minimum atomic E-state index is -1.38. The number of benzene rings is 5. The van der Waals surface area contributed by atoms with Crippen LogP contribution in [-0.2, 0) is 19.9 Å². The fourth-order valence-electron chi connectivity index (χ4n) is 6.71. The number of hydrogen-bond donors (Lipinski definition) is 1. The van der Waals surface area contributed by atoms with Crippen LogP contribution in [0.5, 0.6) is 0 Å². The molecule has 1 aliphatic rings. The van der Waals surface area contributed by atoms with Crippen molar-refractivity contribution in [1.29, 1.82) is 0 Å². The highest BCUT2D eigenvalue weighted by atomic mass is 35.5. The molecule has 244 valence electrons. The van der Waals surface area contributed by atoms with E-state index in [2.05, 4.69) is 36.5 Å². The minimum Gasteiger partial charge on any atom is -0.449 e. The molecule has 6 heteroatoms. The molecule has 6 rings (SSSR count). The van der Waals surface area contributed by atoms with Gasteiger partial charge in [0.05, 0.1) is 0 Å². The van der Waals surface area contributed by atoms with Gasteiger partial charge in [-0.25, -0.2) is 9.59 Å². The molecular weight excluding hydrogens is 618 g/mol. The maximum absolute atomic E-state index is 14.4. The Bertz CT molecular complexity index is 1830. The number of esters is 1. The van der Waals surface area contributed by atoms with E-state index in [1.54, 1.807) is 6.07 Å². The summed E-state index contributed by atoms with van der Waals surface area (Å²) in [7, 11) is 0. The molecule has 0 saturated carbocycles. The molecule has 1 N–H and O–H groups in total. The number of carbonyl (C=O) groups excluding carboxylic acids is 2. The second-order valence-corrected chi connectivity index (χ2v) is 12.7. The Kier molecular flexibility index (Phi) is 10.3. The van der Waals surface area contributed by atoms with Gasteiger partial charge in [0.15, 0.2) is 5.60 Å². The SMILES string of the molecule is CCCCC[C@@H](NC(=O)OCC1c2ccccc2-c2ccccc21)C(=O)OC(c1ccccc1)(c1ccc(C)cc1)c1ccccc1Cl. The maximum Gasteiger partial charge on any atom is 0.407 e. The number of hydrogen-bond acceptors (Lipinski definition) is 4. The van der Waals surface area contributed by atoms with Crippen molar-refractivity contribution in [2.45, 2.75) is 57.1 Å². The third kappa shape index (κ3) is 6.74. The van der Waals surface area contributed by atoms with E-state index in [9.17, 15) is 9.59 Å². The number of fused-ring (bicyclic) bond motifs is 3. The smallest absolute Gasteiger partial charge is 0.407 e. The van der Waals surface area contributed by atoms with E-state index in [1.165, 1.54) is 0 Å². The predicted molar refractivity (Wildman–Crippen MR) is 191 cm³/mol. The Labute approximate surface area is 287 Å². The van der Waals surface area contributed by atoms with E-state index in [-0.39, 0.29) is 12.5 Å². The van der Waals surface area contributed by atoms with Crippen LogP contribution >= 0.6 is 11.6 Å². The van der Waals surface area contributed by atoms with Gasteiger partial charge in [-0.3, -0.25) is 0 Å². The van der Waals surface area contributed by atoms with Crippen LogP contribution in [0.3, 0.4) is 0 Å². The Balaban J connectivity index is 1.30. The Morgan fingerprint density at radius 3 is 1.98 bits per heavy atom. The summed E-state index contributed by atoms with van der Waals surface area (Å²) >= 11 is 6.88. The highest BCUT2D eigenvalue weighted by Crippen LogP contribution is 2.45. The van der Waals surface area contributed by atoms with E-state index < -0.39 is 23.7 Å². The first-order valence-electron chi connectivity index (χ1n) is 16.6. The fraction of sp³-hybridized carbons (Fsp3) is 0.238. The largest absolute Gasteiger partial charge is 0.449 e. The van der Waals surface area contributed by atoms with Gasteiger partial charge in [0.2, 0.25) is 0 Å². The van der Waals surface area contributed by atoms with Crippen molar-refractivity contribution < 1.29 is 19.1 Å². The summed E-state index contributed by atoms with van der Waals surface area (Å²) in [6.07, 6.45) is 2.34. The van der Waals surface area contributed by atoms with Crippen molar-refractivity contribution in [3.8, 4) is 11.1 Å². The minimum absolute atomic E-state index is 0.0962. The van der Waals surface area contributed by atoms with Crippen molar-refractivity contribution in [2.75, 3.05) is 6.61 Å². The summed E-state index contributed by atoms with van der Waals surface area (Å²) in [5.74, 6) is -0.662. The summed E-state index contributed by atoms with van der Waals surface area (Å²) < 4.78 is 12.6. The molecule has 1 unspecified atom stereocenters. The zero-order valence-electron chi connectivity index (χ0n) is 27.3. The van der Waals surface area contributed by atoms with Crippen molar-refractivity contribution in [3.05, 3.63) is 166 Å². The molecule has 48 heavy (non-hydrogen) atoms. The Hall–Kier alpha value is -4.87. The van der Waals surface area contributed by atoms with Crippen LogP contribution in [0.2, 0.25) is 5.02 Å². The zero-order chi connectivity index (χ0) is 33.5. The third-order valence-corrected chi connectivity index (χ3v) is 9.49. The van der Waals surface area contributed by atoms with Crippen LogP contribution in [0.25, 0.3) is 11.1 Å². The van der Waals surface area contributed by atoms with E-state index in [4.69, 9.17) is 21.1 Å². The van der Waals surface area contributed by atoms with Gasteiger partial charge in [-0.05, 0) is 41.7 Å². The highest BCUT2D eigenvalue weighted by Gasteiger charge is 2.43. The summed E-state index contributed by atoms with van der Waals surface area (Å²) in [5, 5.41) is 3.34. The molecule has 0 spiro atoms.